The minimum atomic E-state index is -0.189. The number of halogens is 1. The van der Waals surface area contributed by atoms with Crippen LogP contribution in [0.15, 0.2) is 42.6 Å². The number of pyridine rings is 1. The highest BCUT2D eigenvalue weighted by Crippen LogP contribution is 2.16. The van der Waals surface area contributed by atoms with E-state index in [0.717, 1.165) is 24.5 Å². The summed E-state index contributed by atoms with van der Waals surface area (Å²) in [6, 6.07) is 11.0. The topological polar surface area (TPSA) is 65.5 Å². The lowest BCUT2D eigenvalue weighted by Crippen LogP contribution is -2.48. The SMILES string of the molecule is CC(=O)N1CCN(c2ccc(C(=O)NCc3ccccc3Cl)cn2)CC1. The number of rotatable bonds is 4. The molecule has 0 radical (unpaired) electrons. The van der Waals surface area contributed by atoms with Gasteiger partial charge >= 0.3 is 0 Å². The number of nitrogens with one attached hydrogen (secondary N) is 1. The van der Waals surface area contributed by atoms with Crippen molar-refractivity contribution in [2.75, 3.05) is 31.1 Å². The first-order valence-electron chi connectivity index (χ1n) is 8.52. The van der Waals surface area contributed by atoms with Crippen molar-refractivity contribution >= 4 is 29.2 Å². The van der Waals surface area contributed by atoms with Gasteiger partial charge in [0.2, 0.25) is 5.91 Å². The molecule has 1 saturated heterocycles. The number of carbonyl (C=O) groups excluding carboxylic acids is 2. The summed E-state index contributed by atoms with van der Waals surface area (Å²) < 4.78 is 0. The van der Waals surface area contributed by atoms with Crippen molar-refractivity contribution in [3.8, 4) is 0 Å². The zero-order valence-corrected chi connectivity index (χ0v) is 15.4. The van der Waals surface area contributed by atoms with E-state index in [-0.39, 0.29) is 11.8 Å². The molecule has 0 bridgehead atoms. The number of carbonyl (C=O) groups is 2. The Morgan fingerprint density at radius 2 is 1.85 bits per heavy atom. The zero-order valence-electron chi connectivity index (χ0n) is 14.6. The van der Waals surface area contributed by atoms with Crippen molar-refractivity contribution in [3.05, 3.63) is 58.7 Å². The number of benzene rings is 1. The van der Waals surface area contributed by atoms with Crippen molar-refractivity contribution in [2.45, 2.75) is 13.5 Å². The van der Waals surface area contributed by atoms with Gasteiger partial charge in [0.1, 0.15) is 5.82 Å². The Balaban J connectivity index is 1.56. The van der Waals surface area contributed by atoms with Gasteiger partial charge in [0.25, 0.3) is 5.91 Å². The predicted octanol–water partition coefficient (Wildman–Crippen LogP) is 2.33. The Morgan fingerprint density at radius 1 is 1.12 bits per heavy atom. The molecule has 0 unspecified atom stereocenters. The molecular weight excluding hydrogens is 352 g/mol. The van der Waals surface area contributed by atoms with Crippen LogP contribution >= 0.6 is 11.6 Å². The van der Waals surface area contributed by atoms with Crippen LogP contribution in [0.1, 0.15) is 22.8 Å². The average Bonchev–Trinajstić information content (AvgIpc) is 2.67. The monoisotopic (exact) mass is 372 g/mol. The molecular formula is C19H21ClN4O2. The Morgan fingerprint density at radius 3 is 2.46 bits per heavy atom. The van der Waals surface area contributed by atoms with Gasteiger partial charge in [-0.3, -0.25) is 9.59 Å². The second-order valence-electron chi connectivity index (χ2n) is 6.17. The first-order chi connectivity index (χ1) is 12.5. The number of piperazine rings is 1. The van der Waals surface area contributed by atoms with Crippen LogP contribution in [0.3, 0.4) is 0 Å². The summed E-state index contributed by atoms with van der Waals surface area (Å²) in [6.07, 6.45) is 1.58. The van der Waals surface area contributed by atoms with Crippen molar-refractivity contribution < 1.29 is 9.59 Å². The molecule has 1 aromatic heterocycles. The molecule has 26 heavy (non-hydrogen) atoms. The summed E-state index contributed by atoms with van der Waals surface area (Å²) in [5.74, 6) is 0.726. The Hall–Kier alpha value is -2.60. The molecule has 1 aromatic carbocycles. The fourth-order valence-electron chi connectivity index (χ4n) is 2.88. The molecule has 0 saturated carbocycles. The summed E-state index contributed by atoms with van der Waals surface area (Å²) in [5, 5.41) is 3.48. The highest BCUT2D eigenvalue weighted by molar-refractivity contribution is 6.31. The molecule has 1 aliphatic rings. The Bertz CT molecular complexity index is 786. The fourth-order valence-corrected chi connectivity index (χ4v) is 3.08. The van der Waals surface area contributed by atoms with E-state index in [9.17, 15) is 9.59 Å². The van der Waals surface area contributed by atoms with Gasteiger partial charge in [0.05, 0.1) is 5.56 Å². The lowest BCUT2D eigenvalue weighted by molar-refractivity contribution is -0.129. The highest BCUT2D eigenvalue weighted by atomic mass is 35.5. The van der Waals surface area contributed by atoms with Crippen molar-refractivity contribution in [2.24, 2.45) is 0 Å². The van der Waals surface area contributed by atoms with Crippen LogP contribution in [-0.4, -0.2) is 47.9 Å². The van der Waals surface area contributed by atoms with Gasteiger partial charge in [-0.1, -0.05) is 29.8 Å². The quantitative estimate of drug-likeness (QED) is 0.894. The van der Waals surface area contributed by atoms with Gasteiger partial charge in [-0.25, -0.2) is 4.98 Å². The maximum atomic E-state index is 12.3. The molecule has 3 rings (SSSR count). The second kappa shape index (κ2) is 8.19. The number of hydrogen-bond donors (Lipinski definition) is 1. The van der Waals surface area contributed by atoms with Crippen LogP contribution in [0, 0.1) is 0 Å². The van der Waals surface area contributed by atoms with E-state index in [1.165, 1.54) is 0 Å². The summed E-state index contributed by atoms with van der Waals surface area (Å²) in [5.41, 5.74) is 1.37. The fraction of sp³-hybridized carbons (Fsp3) is 0.316. The van der Waals surface area contributed by atoms with Gasteiger partial charge in [-0.2, -0.15) is 0 Å². The van der Waals surface area contributed by atoms with Gasteiger partial charge in [0, 0.05) is 50.9 Å². The summed E-state index contributed by atoms with van der Waals surface area (Å²) in [7, 11) is 0. The van der Waals surface area contributed by atoms with Crippen LogP contribution in [0.25, 0.3) is 0 Å². The smallest absolute Gasteiger partial charge is 0.253 e. The standard InChI is InChI=1S/C19H21ClN4O2/c1-14(25)23-8-10-24(11-9-23)18-7-6-16(13-21-18)19(26)22-12-15-4-2-3-5-17(15)20/h2-7,13H,8-12H2,1H3,(H,22,26). The van der Waals surface area contributed by atoms with Crippen LogP contribution in [-0.2, 0) is 11.3 Å². The summed E-state index contributed by atoms with van der Waals surface area (Å²) >= 11 is 6.10. The number of anilines is 1. The van der Waals surface area contributed by atoms with Crippen molar-refractivity contribution in [3.63, 3.8) is 0 Å². The van der Waals surface area contributed by atoms with Gasteiger partial charge < -0.3 is 15.1 Å². The second-order valence-corrected chi connectivity index (χ2v) is 6.58. The molecule has 1 N–H and O–H groups in total. The van der Waals surface area contributed by atoms with E-state index < -0.39 is 0 Å². The molecule has 0 aliphatic carbocycles. The summed E-state index contributed by atoms with van der Waals surface area (Å²) in [4.78, 5) is 32.0. The van der Waals surface area contributed by atoms with Crippen LogP contribution in [0.5, 0.6) is 0 Å². The van der Waals surface area contributed by atoms with Crippen LogP contribution in [0.4, 0.5) is 5.82 Å². The third kappa shape index (κ3) is 4.32. The average molecular weight is 373 g/mol. The zero-order chi connectivity index (χ0) is 18.5. The van der Waals surface area contributed by atoms with E-state index in [4.69, 9.17) is 11.6 Å². The number of aromatic nitrogens is 1. The van der Waals surface area contributed by atoms with E-state index in [1.807, 2.05) is 29.2 Å². The number of nitrogens with zero attached hydrogens (tertiary/aromatic N) is 3. The van der Waals surface area contributed by atoms with E-state index in [2.05, 4.69) is 15.2 Å². The third-order valence-corrected chi connectivity index (χ3v) is 4.83. The van der Waals surface area contributed by atoms with Gasteiger partial charge in [0.15, 0.2) is 0 Å². The van der Waals surface area contributed by atoms with E-state index in [0.29, 0.717) is 30.2 Å². The predicted molar refractivity (Wildman–Crippen MR) is 101 cm³/mol. The Labute approximate surface area is 157 Å². The molecule has 0 spiro atoms. The number of hydrogen-bond acceptors (Lipinski definition) is 4. The van der Waals surface area contributed by atoms with Gasteiger partial charge in [-0.15, -0.1) is 0 Å². The molecule has 2 amide bonds. The van der Waals surface area contributed by atoms with Gasteiger partial charge in [-0.05, 0) is 23.8 Å². The van der Waals surface area contributed by atoms with Crippen molar-refractivity contribution in [1.29, 1.82) is 0 Å². The van der Waals surface area contributed by atoms with E-state index in [1.54, 1.807) is 25.3 Å². The van der Waals surface area contributed by atoms with Crippen LogP contribution < -0.4 is 10.2 Å². The van der Waals surface area contributed by atoms with E-state index >= 15 is 0 Å². The molecule has 136 valence electrons. The molecule has 2 heterocycles. The molecule has 2 aromatic rings. The first kappa shape index (κ1) is 18.2. The van der Waals surface area contributed by atoms with Crippen LogP contribution in [0.2, 0.25) is 5.02 Å². The minimum absolute atomic E-state index is 0.100. The normalized spacial score (nSPS) is 14.2. The van der Waals surface area contributed by atoms with Crippen molar-refractivity contribution in [1.82, 2.24) is 15.2 Å². The number of amides is 2. The minimum Gasteiger partial charge on any atom is -0.353 e. The molecule has 0 atom stereocenters. The maximum Gasteiger partial charge on any atom is 0.253 e. The first-order valence-corrected chi connectivity index (χ1v) is 8.90. The third-order valence-electron chi connectivity index (χ3n) is 4.46. The maximum absolute atomic E-state index is 12.3. The highest BCUT2D eigenvalue weighted by Gasteiger charge is 2.19. The molecule has 1 fully saturated rings. The Kier molecular flexibility index (Phi) is 5.73. The molecule has 6 nitrogen and oxygen atoms in total. The lowest BCUT2D eigenvalue weighted by atomic mass is 10.2. The molecule has 7 heteroatoms. The summed E-state index contributed by atoms with van der Waals surface area (Å²) in [6.45, 7) is 4.82. The largest absolute Gasteiger partial charge is 0.353 e. The lowest BCUT2D eigenvalue weighted by Gasteiger charge is -2.34. The molecule has 1 aliphatic heterocycles.